The third-order valence-corrected chi connectivity index (χ3v) is 2.34. The van der Waals surface area contributed by atoms with E-state index in [1.807, 2.05) is 13.0 Å². The molecule has 0 unspecified atom stereocenters. The van der Waals surface area contributed by atoms with E-state index < -0.39 is 0 Å². The van der Waals surface area contributed by atoms with Crippen molar-refractivity contribution in [2.45, 2.75) is 6.92 Å². The van der Waals surface area contributed by atoms with Gasteiger partial charge in [-0.25, -0.2) is 0 Å². The molecule has 0 saturated carbocycles. The van der Waals surface area contributed by atoms with E-state index >= 15 is 0 Å². The molecule has 63 valence electrons. The van der Waals surface area contributed by atoms with E-state index in [1.54, 1.807) is 6.07 Å². The molecule has 1 N–H and O–H groups in total. The van der Waals surface area contributed by atoms with Gasteiger partial charge in [-0.15, -0.1) is 0 Å². The first kappa shape index (κ1) is 8.15. The maximum absolute atomic E-state index is 8.90. The number of halogens is 1. The van der Waals surface area contributed by atoms with Gasteiger partial charge in [-0.1, -0.05) is 11.6 Å². The fourth-order valence-electron chi connectivity index (χ4n) is 1.40. The Kier molecular flexibility index (Phi) is 1.75. The van der Waals surface area contributed by atoms with E-state index in [0.29, 0.717) is 10.6 Å². The lowest BCUT2D eigenvalue weighted by atomic mass is 10.1. The minimum atomic E-state index is 0.492. The molecule has 2 aromatic rings. The molecule has 0 spiro atoms. The molecule has 0 aliphatic rings. The second kappa shape index (κ2) is 2.79. The third-order valence-electron chi connectivity index (χ3n) is 2.03. The predicted octanol–water partition coefficient (Wildman–Crippen LogP) is 2.80. The Morgan fingerprint density at radius 1 is 1.54 bits per heavy atom. The zero-order chi connectivity index (χ0) is 9.42. The molecule has 13 heavy (non-hydrogen) atoms. The van der Waals surface area contributed by atoms with Crippen molar-refractivity contribution in [3.05, 3.63) is 34.5 Å². The Bertz CT molecular complexity index is 505. The first-order valence-electron chi connectivity index (χ1n) is 3.82. The van der Waals surface area contributed by atoms with Gasteiger partial charge in [0.05, 0.1) is 16.8 Å². The number of nitrogens with zero attached hydrogens (tertiary/aromatic N) is 1. The van der Waals surface area contributed by atoms with Crippen molar-refractivity contribution >= 4 is 22.5 Å². The van der Waals surface area contributed by atoms with Crippen LogP contribution in [0, 0.1) is 24.5 Å². The quantitative estimate of drug-likeness (QED) is 0.680. The minimum Gasteiger partial charge on any atom is -0.353 e. The minimum absolute atomic E-state index is 0.492. The summed E-state index contributed by atoms with van der Waals surface area (Å²) in [7, 11) is 0. The largest absolute Gasteiger partial charge is 0.353 e. The smallest absolute Gasteiger partial charge is 0.101 e. The van der Waals surface area contributed by atoms with Crippen molar-refractivity contribution < 1.29 is 0 Å². The van der Waals surface area contributed by atoms with Gasteiger partial charge in [0.15, 0.2) is 0 Å². The lowest BCUT2D eigenvalue weighted by molar-refractivity contribution is 1.40. The number of hydrogen-bond acceptors (Lipinski definition) is 1. The number of aromatic nitrogens is 1. The van der Waals surface area contributed by atoms with Gasteiger partial charge < -0.3 is 4.98 Å². The molecular formula is C10H6ClN2. The van der Waals surface area contributed by atoms with Crippen molar-refractivity contribution in [2.75, 3.05) is 0 Å². The van der Waals surface area contributed by atoms with Crippen LogP contribution in [0.2, 0.25) is 5.02 Å². The number of aromatic amines is 1. The second-order valence-corrected chi connectivity index (χ2v) is 3.24. The fourth-order valence-corrected chi connectivity index (χ4v) is 1.60. The van der Waals surface area contributed by atoms with Crippen LogP contribution in [0.1, 0.15) is 11.1 Å². The first-order chi connectivity index (χ1) is 6.24. The van der Waals surface area contributed by atoms with E-state index in [4.69, 9.17) is 16.9 Å². The van der Waals surface area contributed by atoms with Crippen molar-refractivity contribution in [1.82, 2.24) is 4.98 Å². The summed E-state index contributed by atoms with van der Waals surface area (Å²) in [6.45, 7) is 1.90. The molecule has 0 amide bonds. The van der Waals surface area contributed by atoms with Gasteiger partial charge in [-0.2, -0.15) is 5.26 Å². The van der Waals surface area contributed by atoms with Crippen LogP contribution in [0.4, 0.5) is 0 Å². The normalized spacial score (nSPS) is 10.2. The van der Waals surface area contributed by atoms with E-state index in [2.05, 4.69) is 17.3 Å². The Morgan fingerprint density at radius 2 is 2.31 bits per heavy atom. The number of nitrogens with one attached hydrogen (secondary N) is 1. The predicted molar refractivity (Wildman–Crippen MR) is 51.6 cm³/mol. The summed E-state index contributed by atoms with van der Waals surface area (Å²) in [5, 5.41) is 10.3. The molecule has 0 saturated heterocycles. The summed E-state index contributed by atoms with van der Waals surface area (Å²) >= 11 is 5.88. The van der Waals surface area contributed by atoms with E-state index in [-0.39, 0.29) is 0 Å². The molecule has 2 nitrogen and oxygen atoms in total. The standard InChI is InChI=1S/C10H6ClN2/c1-6-5-13-9-3-2-8(11)7(4-12)10(6)9/h2-3,13H,1H3. The van der Waals surface area contributed by atoms with Crippen LogP contribution in [0.25, 0.3) is 10.9 Å². The van der Waals surface area contributed by atoms with Crippen LogP contribution >= 0.6 is 11.6 Å². The summed E-state index contributed by atoms with van der Waals surface area (Å²) < 4.78 is 0. The molecule has 0 fully saturated rings. The van der Waals surface area contributed by atoms with Gasteiger partial charge in [0.1, 0.15) is 6.07 Å². The van der Waals surface area contributed by atoms with Crippen molar-refractivity contribution in [1.29, 1.82) is 5.26 Å². The number of hydrogen-bond donors (Lipinski definition) is 1. The molecule has 1 aromatic carbocycles. The summed E-state index contributed by atoms with van der Waals surface area (Å²) in [5.41, 5.74) is 2.35. The summed E-state index contributed by atoms with van der Waals surface area (Å²) in [4.78, 5) is 2.96. The molecule has 0 aliphatic carbocycles. The summed E-state index contributed by atoms with van der Waals surface area (Å²) in [5.74, 6) is 0. The Hall–Kier alpha value is -1.46. The number of H-pyrrole nitrogens is 1. The van der Waals surface area contributed by atoms with Crippen LogP contribution in [0.5, 0.6) is 0 Å². The number of rotatable bonds is 0. The third kappa shape index (κ3) is 1.09. The van der Waals surface area contributed by atoms with E-state index in [0.717, 1.165) is 16.5 Å². The topological polar surface area (TPSA) is 39.6 Å². The van der Waals surface area contributed by atoms with Gasteiger partial charge in [0.2, 0.25) is 0 Å². The lowest BCUT2D eigenvalue weighted by Crippen LogP contribution is -1.80. The molecule has 1 aromatic heterocycles. The van der Waals surface area contributed by atoms with E-state index in [9.17, 15) is 0 Å². The molecule has 0 aliphatic heterocycles. The van der Waals surface area contributed by atoms with Crippen LogP contribution in [-0.4, -0.2) is 4.98 Å². The first-order valence-corrected chi connectivity index (χ1v) is 4.20. The van der Waals surface area contributed by atoms with Crippen LogP contribution in [0.3, 0.4) is 0 Å². The van der Waals surface area contributed by atoms with E-state index in [1.165, 1.54) is 0 Å². The molecule has 0 atom stereocenters. The van der Waals surface area contributed by atoms with Gasteiger partial charge in [-0.05, 0) is 24.6 Å². The lowest BCUT2D eigenvalue weighted by Gasteiger charge is -1.97. The van der Waals surface area contributed by atoms with Gasteiger partial charge in [-0.3, -0.25) is 0 Å². The highest BCUT2D eigenvalue weighted by Crippen LogP contribution is 2.26. The number of fused-ring (bicyclic) bond motifs is 1. The molecule has 1 heterocycles. The molecular weight excluding hydrogens is 184 g/mol. The van der Waals surface area contributed by atoms with Crippen molar-refractivity contribution in [3.8, 4) is 6.07 Å². The van der Waals surface area contributed by atoms with Crippen molar-refractivity contribution in [3.63, 3.8) is 0 Å². The van der Waals surface area contributed by atoms with Gasteiger partial charge >= 0.3 is 0 Å². The Balaban J connectivity index is 2.99. The maximum Gasteiger partial charge on any atom is 0.101 e. The number of benzene rings is 1. The highest BCUT2D eigenvalue weighted by Gasteiger charge is 2.08. The average Bonchev–Trinajstić information content (AvgIpc) is 2.49. The van der Waals surface area contributed by atoms with Gasteiger partial charge in [0, 0.05) is 10.9 Å². The second-order valence-electron chi connectivity index (χ2n) is 2.83. The zero-order valence-corrected chi connectivity index (χ0v) is 7.74. The molecule has 3 heteroatoms. The average molecular weight is 190 g/mol. The highest BCUT2D eigenvalue weighted by molar-refractivity contribution is 6.32. The summed E-state index contributed by atoms with van der Waals surface area (Å²) in [6.07, 6.45) is 2.94. The summed E-state index contributed by atoms with van der Waals surface area (Å²) in [6, 6.07) is 5.66. The monoisotopic (exact) mass is 189 g/mol. The van der Waals surface area contributed by atoms with Gasteiger partial charge in [0.25, 0.3) is 0 Å². The molecule has 1 radical (unpaired) electrons. The van der Waals surface area contributed by atoms with Crippen LogP contribution < -0.4 is 0 Å². The van der Waals surface area contributed by atoms with Crippen LogP contribution in [0.15, 0.2) is 12.1 Å². The molecule has 0 bridgehead atoms. The number of nitriles is 1. The Labute approximate surface area is 80.7 Å². The fraction of sp³-hybridized carbons (Fsp3) is 0.100. The zero-order valence-electron chi connectivity index (χ0n) is 6.98. The SMILES string of the molecule is Cc1[c][nH]c2ccc(Cl)c(C#N)c12. The molecule has 2 rings (SSSR count). The van der Waals surface area contributed by atoms with Crippen LogP contribution in [-0.2, 0) is 0 Å². The maximum atomic E-state index is 8.90. The number of aryl methyl sites for hydroxylation is 1. The Morgan fingerprint density at radius 3 is 3.00 bits per heavy atom. The highest BCUT2D eigenvalue weighted by atomic mass is 35.5. The van der Waals surface area contributed by atoms with Crippen molar-refractivity contribution in [2.24, 2.45) is 0 Å².